The number of hydrogen-bond donors (Lipinski definition) is 3. The lowest BCUT2D eigenvalue weighted by atomic mass is 10.1. The topological polar surface area (TPSA) is 90.5 Å². The van der Waals surface area contributed by atoms with Crippen LogP contribution < -0.4 is 20.9 Å². The summed E-state index contributed by atoms with van der Waals surface area (Å²) in [5, 5.41) is 7.76. The molecule has 0 spiro atoms. The van der Waals surface area contributed by atoms with Gasteiger partial charge in [-0.05, 0) is 48.4 Å². The minimum atomic E-state index is -0.731. The molecule has 3 N–H and O–H groups in total. The molecular formula is C20H24N4O3. The standard InChI is InChI=1S/C20H24N4O3/c1-14(25)22-16-6-8-17(9-7-16)23-20(27)19(26)21-13-12-15-4-10-18(11-5-15)24(2)3/h4-11H,12-13H2,1-3H3,(H,21,26)(H,22,25)(H,23,27). The third kappa shape index (κ3) is 6.47. The molecule has 0 aliphatic rings. The summed E-state index contributed by atoms with van der Waals surface area (Å²) < 4.78 is 0. The maximum absolute atomic E-state index is 11.9. The Kier molecular flexibility index (Phi) is 6.93. The number of amides is 3. The smallest absolute Gasteiger partial charge is 0.313 e. The molecule has 3 amide bonds. The zero-order valence-corrected chi connectivity index (χ0v) is 15.7. The van der Waals surface area contributed by atoms with Crippen LogP contribution in [0.3, 0.4) is 0 Å². The largest absolute Gasteiger partial charge is 0.378 e. The molecule has 0 aromatic heterocycles. The second kappa shape index (κ2) is 9.38. The van der Waals surface area contributed by atoms with Crippen molar-refractivity contribution < 1.29 is 14.4 Å². The molecule has 0 saturated carbocycles. The Morgan fingerprint density at radius 2 is 1.37 bits per heavy atom. The van der Waals surface area contributed by atoms with E-state index in [1.54, 1.807) is 24.3 Å². The van der Waals surface area contributed by atoms with Crippen LogP contribution >= 0.6 is 0 Å². The minimum Gasteiger partial charge on any atom is -0.378 e. The Balaban J connectivity index is 1.78. The highest BCUT2D eigenvalue weighted by Gasteiger charge is 2.13. The second-order valence-electron chi connectivity index (χ2n) is 6.28. The van der Waals surface area contributed by atoms with Crippen LogP contribution in [0.15, 0.2) is 48.5 Å². The van der Waals surface area contributed by atoms with Gasteiger partial charge in [-0.1, -0.05) is 12.1 Å². The van der Waals surface area contributed by atoms with Crippen molar-refractivity contribution in [3.8, 4) is 0 Å². The van der Waals surface area contributed by atoms with E-state index in [4.69, 9.17) is 0 Å². The van der Waals surface area contributed by atoms with E-state index in [9.17, 15) is 14.4 Å². The number of nitrogens with one attached hydrogen (secondary N) is 3. The van der Waals surface area contributed by atoms with Crippen molar-refractivity contribution in [2.24, 2.45) is 0 Å². The van der Waals surface area contributed by atoms with Gasteiger partial charge in [-0.15, -0.1) is 0 Å². The van der Waals surface area contributed by atoms with Crippen molar-refractivity contribution in [2.45, 2.75) is 13.3 Å². The van der Waals surface area contributed by atoms with Crippen molar-refractivity contribution in [1.29, 1.82) is 0 Å². The zero-order chi connectivity index (χ0) is 19.8. The fraction of sp³-hybridized carbons (Fsp3) is 0.250. The molecule has 0 unspecified atom stereocenters. The summed E-state index contributed by atoms with van der Waals surface area (Å²) in [6.07, 6.45) is 0.637. The maximum atomic E-state index is 11.9. The monoisotopic (exact) mass is 368 g/mol. The normalized spacial score (nSPS) is 10.0. The lowest BCUT2D eigenvalue weighted by Crippen LogP contribution is -2.36. The molecule has 27 heavy (non-hydrogen) atoms. The zero-order valence-electron chi connectivity index (χ0n) is 15.7. The van der Waals surface area contributed by atoms with Crippen LogP contribution in [0.25, 0.3) is 0 Å². The first-order chi connectivity index (χ1) is 12.8. The molecule has 2 rings (SSSR count). The lowest BCUT2D eigenvalue weighted by molar-refractivity contribution is -0.136. The third-order valence-corrected chi connectivity index (χ3v) is 3.82. The van der Waals surface area contributed by atoms with Gasteiger partial charge >= 0.3 is 11.8 Å². The maximum Gasteiger partial charge on any atom is 0.313 e. The van der Waals surface area contributed by atoms with Gasteiger partial charge < -0.3 is 20.9 Å². The number of rotatable bonds is 6. The number of hydrogen-bond acceptors (Lipinski definition) is 4. The molecule has 7 nitrogen and oxygen atoms in total. The summed E-state index contributed by atoms with van der Waals surface area (Å²) in [5.74, 6) is -1.60. The molecule has 0 saturated heterocycles. The van der Waals surface area contributed by atoms with E-state index in [2.05, 4.69) is 16.0 Å². The van der Waals surface area contributed by atoms with Gasteiger partial charge in [-0.2, -0.15) is 0 Å². The van der Waals surface area contributed by atoms with E-state index in [1.807, 2.05) is 43.3 Å². The highest BCUT2D eigenvalue weighted by Crippen LogP contribution is 2.14. The Morgan fingerprint density at radius 1 is 0.815 bits per heavy atom. The van der Waals surface area contributed by atoms with Crippen LogP contribution in [0.5, 0.6) is 0 Å². The summed E-state index contributed by atoms with van der Waals surface area (Å²) >= 11 is 0. The molecule has 0 heterocycles. The highest BCUT2D eigenvalue weighted by molar-refractivity contribution is 6.39. The van der Waals surface area contributed by atoms with E-state index in [0.29, 0.717) is 24.3 Å². The molecule has 0 aliphatic heterocycles. The van der Waals surface area contributed by atoms with Gasteiger partial charge in [0.25, 0.3) is 0 Å². The summed E-state index contributed by atoms with van der Waals surface area (Å²) in [5.41, 5.74) is 3.27. The number of benzene rings is 2. The van der Waals surface area contributed by atoms with Crippen molar-refractivity contribution in [3.05, 3.63) is 54.1 Å². The second-order valence-corrected chi connectivity index (χ2v) is 6.28. The van der Waals surface area contributed by atoms with Crippen molar-refractivity contribution >= 4 is 34.8 Å². The first-order valence-electron chi connectivity index (χ1n) is 8.58. The Bertz CT molecular complexity index is 799. The van der Waals surface area contributed by atoms with E-state index >= 15 is 0 Å². The van der Waals surface area contributed by atoms with Crippen LogP contribution in [-0.4, -0.2) is 38.4 Å². The predicted molar refractivity (Wildman–Crippen MR) is 107 cm³/mol. The molecule has 7 heteroatoms. The molecule has 2 aromatic carbocycles. The number of carbonyl (C=O) groups is 3. The highest BCUT2D eigenvalue weighted by atomic mass is 16.2. The van der Waals surface area contributed by atoms with Crippen LogP contribution in [0.4, 0.5) is 17.1 Å². The van der Waals surface area contributed by atoms with Crippen LogP contribution in [-0.2, 0) is 20.8 Å². The molecule has 0 aliphatic carbocycles. The van der Waals surface area contributed by atoms with Gasteiger partial charge in [0.2, 0.25) is 5.91 Å². The Morgan fingerprint density at radius 3 is 1.89 bits per heavy atom. The summed E-state index contributed by atoms with van der Waals surface area (Å²) in [7, 11) is 3.95. The van der Waals surface area contributed by atoms with Crippen molar-refractivity contribution in [3.63, 3.8) is 0 Å². The fourth-order valence-electron chi connectivity index (χ4n) is 2.39. The summed E-state index contributed by atoms with van der Waals surface area (Å²) in [4.78, 5) is 36.8. The first-order valence-corrected chi connectivity index (χ1v) is 8.58. The van der Waals surface area contributed by atoms with E-state index in [0.717, 1.165) is 11.3 Å². The lowest BCUT2D eigenvalue weighted by Gasteiger charge is -2.12. The summed E-state index contributed by atoms with van der Waals surface area (Å²) in [6.45, 7) is 1.78. The molecular weight excluding hydrogens is 344 g/mol. The predicted octanol–water partition coefficient (Wildman–Crippen LogP) is 2.01. The molecule has 0 fully saturated rings. The van der Waals surface area contributed by atoms with Gasteiger partial charge in [-0.3, -0.25) is 14.4 Å². The summed E-state index contributed by atoms with van der Waals surface area (Å²) in [6, 6.07) is 14.5. The molecule has 0 atom stereocenters. The van der Waals surface area contributed by atoms with Gasteiger partial charge in [0, 0.05) is 44.6 Å². The van der Waals surface area contributed by atoms with E-state index < -0.39 is 11.8 Å². The quantitative estimate of drug-likeness (QED) is 0.681. The fourth-order valence-corrected chi connectivity index (χ4v) is 2.39. The molecule has 142 valence electrons. The first kappa shape index (κ1) is 20.0. The SMILES string of the molecule is CC(=O)Nc1ccc(NC(=O)C(=O)NCCc2ccc(N(C)C)cc2)cc1. The minimum absolute atomic E-state index is 0.178. The van der Waals surface area contributed by atoms with Gasteiger partial charge in [0.05, 0.1) is 0 Å². The molecule has 0 bridgehead atoms. The van der Waals surface area contributed by atoms with E-state index in [-0.39, 0.29) is 5.91 Å². The van der Waals surface area contributed by atoms with Gasteiger partial charge in [-0.25, -0.2) is 0 Å². The average molecular weight is 368 g/mol. The average Bonchev–Trinajstić information content (AvgIpc) is 2.63. The van der Waals surface area contributed by atoms with Crippen LogP contribution in [0, 0.1) is 0 Å². The molecule has 2 aromatic rings. The van der Waals surface area contributed by atoms with Gasteiger partial charge in [0.15, 0.2) is 0 Å². The Hall–Kier alpha value is -3.35. The van der Waals surface area contributed by atoms with E-state index in [1.165, 1.54) is 6.92 Å². The van der Waals surface area contributed by atoms with Crippen LogP contribution in [0.1, 0.15) is 12.5 Å². The number of carbonyl (C=O) groups excluding carboxylic acids is 3. The van der Waals surface area contributed by atoms with Crippen molar-refractivity contribution in [2.75, 3.05) is 36.2 Å². The third-order valence-electron chi connectivity index (χ3n) is 3.82. The molecule has 0 radical (unpaired) electrons. The Labute approximate surface area is 158 Å². The number of nitrogens with zero attached hydrogens (tertiary/aromatic N) is 1. The number of anilines is 3. The van der Waals surface area contributed by atoms with Crippen LogP contribution in [0.2, 0.25) is 0 Å². The van der Waals surface area contributed by atoms with Crippen molar-refractivity contribution in [1.82, 2.24) is 5.32 Å². The van der Waals surface area contributed by atoms with Gasteiger partial charge in [0.1, 0.15) is 0 Å².